The van der Waals surface area contributed by atoms with Crippen LogP contribution < -0.4 is 11.1 Å². The number of phenolic OH excluding ortho intramolecular Hbond substituents is 1. The zero-order valence-electron chi connectivity index (χ0n) is 13.3. The first-order chi connectivity index (χ1) is 9.75. The van der Waals surface area contributed by atoms with Gasteiger partial charge in [-0.1, -0.05) is 32.9 Å². The van der Waals surface area contributed by atoms with Crippen LogP contribution in [0.1, 0.15) is 39.2 Å². The molecule has 1 aliphatic rings. The van der Waals surface area contributed by atoms with Gasteiger partial charge in [0.15, 0.2) is 0 Å². The van der Waals surface area contributed by atoms with E-state index in [0.717, 1.165) is 18.4 Å². The smallest absolute Gasteiger partial charge is 0.228 e. The van der Waals surface area contributed by atoms with E-state index >= 15 is 0 Å². The molecule has 3 unspecified atom stereocenters. The number of hydrogen-bond donors (Lipinski definition) is 3. The number of nitrogens with one attached hydrogen (secondary N) is 1. The lowest BCUT2D eigenvalue weighted by Crippen LogP contribution is -2.50. The molecule has 4 N–H and O–H groups in total. The molecule has 0 bridgehead atoms. The van der Waals surface area contributed by atoms with E-state index in [4.69, 9.17) is 5.73 Å². The zero-order chi connectivity index (χ0) is 15.8. The third kappa shape index (κ3) is 2.91. The van der Waals surface area contributed by atoms with Crippen molar-refractivity contribution in [3.8, 4) is 5.75 Å². The Morgan fingerprint density at radius 3 is 2.71 bits per heavy atom. The standard InChI is InChI=1S/C17H26N2O2/c1-10-6-5-7-14(15(10)20)19-16(21)12-8-9-13(18)11(2)17(12,3)4/h5-7,11-13,20H,8-9,18H2,1-4H3,(H,19,21). The predicted molar refractivity (Wildman–Crippen MR) is 85.1 cm³/mol. The predicted octanol–water partition coefficient (Wildman–Crippen LogP) is 3.04. The van der Waals surface area contributed by atoms with Gasteiger partial charge in [0.2, 0.25) is 5.91 Å². The number of carbonyl (C=O) groups excluding carboxylic acids is 1. The molecule has 4 nitrogen and oxygen atoms in total. The summed E-state index contributed by atoms with van der Waals surface area (Å²) < 4.78 is 0. The lowest BCUT2D eigenvalue weighted by atomic mass is 9.61. The minimum absolute atomic E-state index is 0.0281. The Morgan fingerprint density at radius 1 is 1.38 bits per heavy atom. The SMILES string of the molecule is Cc1cccc(NC(=O)C2CCC(N)C(C)C2(C)C)c1O. The highest BCUT2D eigenvalue weighted by molar-refractivity contribution is 5.94. The van der Waals surface area contributed by atoms with E-state index < -0.39 is 0 Å². The number of phenols is 1. The van der Waals surface area contributed by atoms with Crippen molar-refractivity contribution in [1.29, 1.82) is 0 Å². The number of aryl methyl sites for hydroxylation is 1. The molecule has 0 saturated heterocycles. The van der Waals surface area contributed by atoms with Gasteiger partial charge in [0.05, 0.1) is 5.69 Å². The van der Waals surface area contributed by atoms with Crippen molar-refractivity contribution >= 4 is 11.6 Å². The number of anilines is 1. The van der Waals surface area contributed by atoms with Crippen LogP contribution in [0.5, 0.6) is 5.75 Å². The van der Waals surface area contributed by atoms with Gasteiger partial charge in [-0.15, -0.1) is 0 Å². The molecule has 0 heterocycles. The first-order valence-corrected chi connectivity index (χ1v) is 7.60. The second-order valence-electron chi connectivity index (χ2n) is 6.86. The molecule has 0 radical (unpaired) electrons. The molecule has 1 aromatic rings. The maximum Gasteiger partial charge on any atom is 0.228 e. The van der Waals surface area contributed by atoms with E-state index in [1.54, 1.807) is 6.07 Å². The molecule has 2 rings (SSSR count). The van der Waals surface area contributed by atoms with Crippen LogP contribution in [0.25, 0.3) is 0 Å². The van der Waals surface area contributed by atoms with E-state index in [1.165, 1.54) is 0 Å². The van der Waals surface area contributed by atoms with E-state index in [0.29, 0.717) is 5.69 Å². The van der Waals surface area contributed by atoms with Gasteiger partial charge < -0.3 is 16.2 Å². The average Bonchev–Trinajstić information content (AvgIpc) is 2.41. The summed E-state index contributed by atoms with van der Waals surface area (Å²) >= 11 is 0. The monoisotopic (exact) mass is 290 g/mol. The van der Waals surface area contributed by atoms with Gasteiger partial charge in [0.1, 0.15) is 5.75 Å². The van der Waals surface area contributed by atoms with Crippen LogP contribution in [0.15, 0.2) is 18.2 Å². The molecule has 116 valence electrons. The summed E-state index contributed by atoms with van der Waals surface area (Å²) in [7, 11) is 0. The largest absolute Gasteiger partial charge is 0.505 e. The Bertz CT molecular complexity index is 540. The molecular weight excluding hydrogens is 264 g/mol. The van der Waals surface area contributed by atoms with Gasteiger partial charge in [-0.25, -0.2) is 0 Å². The highest BCUT2D eigenvalue weighted by Gasteiger charge is 2.45. The molecule has 0 spiro atoms. The number of rotatable bonds is 2. The van der Waals surface area contributed by atoms with Crippen LogP contribution in [0.3, 0.4) is 0 Å². The molecule has 1 aliphatic carbocycles. The third-order valence-electron chi connectivity index (χ3n) is 5.31. The maximum atomic E-state index is 12.6. The number of para-hydroxylation sites is 1. The normalized spacial score (nSPS) is 28.1. The molecule has 4 heteroatoms. The Morgan fingerprint density at radius 2 is 2.05 bits per heavy atom. The van der Waals surface area contributed by atoms with Crippen LogP contribution in [0.2, 0.25) is 0 Å². The first-order valence-electron chi connectivity index (χ1n) is 7.60. The van der Waals surface area contributed by atoms with Crippen molar-refractivity contribution in [2.45, 2.75) is 46.6 Å². The number of benzene rings is 1. The number of nitrogens with two attached hydrogens (primary N) is 1. The second kappa shape index (κ2) is 5.68. The minimum Gasteiger partial charge on any atom is -0.505 e. The molecule has 1 amide bonds. The Balaban J connectivity index is 2.18. The molecule has 1 aromatic carbocycles. The Hall–Kier alpha value is -1.55. The summed E-state index contributed by atoms with van der Waals surface area (Å²) in [6, 6.07) is 5.52. The molecule has 21 heavy (non-hydrogen) atoms. The van der Waals surface area contributed by atoms with Gasteiger partial charge in [0.25, 0.3) is 0 Å². The highest BCUT2D eigenvalue weighted by Crippen LogP contribution is 2.45. The minimum atomic E-state index is -0.152. The summed E-state index contributed by atoms with van der Waals surface area (Å²) in [5.41, 5.74) is 7.23. The fraction of sp³-hybridized carbons (Fsp3) is 0.588. The Kier molecular flexibility index (Phi) is 4.28. The summed E-state index contributed by atoms with van der Waals surface area (Å²) in [5, 5.41) is 12.9. The highest BCUT2D eigenvalue weighted by atomic mass is 16.3. The number of aromatic hydroxyl groups is 1. The van der Waals surface area contributed by atoms with Crippen molar-refractivity contribution in [2.24, 2.45) is 23.0 Å². The van der Waals surface area contributed by atoms with E-state index in [1.807, 2.05) is 19.1 Å². The molecule has 1 saturated carbocycles. The van der Waals surface area contributed by atoms with Crippen molar-refractivity contribution < 1.29 is 9.90 Å². The second-order valence-corrected chi connectivity index (χ2v) is 6.86. The van der Waals surface area contributed by atoms with Crippen LogP contribution in [0.4, 0.5) is 5.69 Å². The fourth-order valence-corrected chi connectivity index (χ4v) is 3.30. The average molecular weight is 290 g/mol. The van der Waals surface area contributed by atoms with Crippen molar-refractivity contribution in [2.75, 3.05) is 5.32 Å². The van der Waals surface area contributed by atoms with Gasteiger partial charge in [0, 0.05) is 12.0 Å². The molecule has 0 aliphatic heterocycles. The van der Waals surface area contributed by atoms with E-state index in [2.05, 4.69) is 26.1 Å². The summed E-state index contributed by atoms with van der Waals surface area (Å²) in [6.07, 6.45) is 1.65. The van der Waals surface area contributed by atoms with Crippen LogP contribution in [0, 0.1) is 24.2 Å². The molecule has 3 atom stereocenters. The number of carbonyl (C=O) groups is 1. The molecule has 0 aromatic heterocycles. The number of hydrogen-bond acceptors (Lipinski definition) is 3. The topological polar surface area (TPSA) is 75.4 Å². The van der Waals surface area contributed by atoms with Gasteiger partial charge >= 0.3 is 0 Å². The summed E-state index contributed by atoms with van der Waals surface area (Å²) in [6.45, 7) is 8.15. The fourth-order valence-electron chi connectivity index (χ4n) is 3.30. The van der Waals surface area contributed by atoms with Crippen LogP contribution >= 0.6 is 0 Å². The van der Waals surface area contributed by atoms with E-state index in [9.17, 15) is 9.90 Å². The third-order valence-corrected chi connectivity index (χ3v) is 5.31. The van der Waals surface area contributed by atoms with Crippen molar-refractivity contribution in [3.63, 3.8) is 0 Å². The van der Waals surface area contributed by atoms with Gasteiger partial charge in [-0.3, -0.25) is 4.79 Å². The number of amides is 1. The summed E-state index contributed by atoms with van der Waals surface area (Å²) in [4.78, 5) is 12.6. The van der Waals surface area contributed by atoms with Gasteiger partial charge in [-0.05, 0) is 42.7 Å². The zero-order valence-corrected chi connectivity index (χ0v) is 13.3. The molecule has 1 fully saturated rings. The lowest BCUT2D eigenvalue weighted by Gasteiger charge is -2.46. The quantitative estimate of drug-likeness (QED) is 0.733. The molecular formula is C17H26N2O2. The van der Waals surface area contributed by atoms with E-state index in [-0.39, 0.29) is 34.9 Å². The van der Waals surface area contributed by atoms with Crippen LogP contribution in [-0.4, -0.2) is 17.1 Å². The van der Waals surface area contributed by atoms with Crippen molar-refractivity contribution in [1.82, 2.24) is 0 Å². The van der Waals surface area contributed by atoms with Crippen LogP contribution in [-0.2, 0) is 4.79 Å². The van der Waals surface area contributed by atoms with Crippen molar-refractivity contribution in [3.05, 3.63) is 23.8 Å². The lowest BCUT2D eigenvalue weighted by molar-refractivity contribution is -0.127. The first kappa shape index (κ1) is 15.8. The van der Waals surface area contributed by atoms with Gasteiger partial charge in [-0.2, -0.15) is 0 Å². The maximum absolute atomic E-state index is 12.6. The Labute approximate surface area is 126 Å². The summed E-state index contributed by atoms with van der Waals surface area (Å²) in [5.74, 6) is 0.309.